The molecular weight excluding hydrogens is 222 g/mol. The molecular formula is C10H15N5O2. The van der Waals surface area contributed by atoms with Crippen LogP contribution < -0.4 is 10.6 Å². The van der Waals surface area contributed by atoms with E-state index in [0.717, 1.165) is 18.9 Å². The van der Waals surface area contributed by atoms with Gasteiger partial charge in [-0.2, -0.15) is 5.06 Å². The molecule has 7 heteroatoms. The van der Waals surface area contributed by atoms with E-state index in [-0.39, 0.29) is 5.69 Å². The molecule has 0 aliphatic carbocycles. The van der Waals surface area contributed by atoms with E-state index in [1.807, 2.05) is 11.9 Å². The van der Waals surface area contributed by atoms with E-state index in [0.29, 0.717) is 6.04 Å². The van der Waals surface area contributed by atoms with Crippen molar-refractivity contribution in [3.05, 3.63) is 18.1 Å². The summed E-state index contributed by atoms with van der Waals surface area (Å²) in [6.45, 7) is 1.61. The molecule has 2 heterocycles. The van der Waals surface area contributed by atoms with Crippen LogP contribution in [0.5, 0.6) is 0 Å². The Morgan fingerprint density at radius 3 is 2.88 bits per heavy atom. The molecule has 1 fully saturated rings. The summed E-state index contributed by atoms with van der Waals surface area (Å²) in [5, 5.41) is 1.80. The highest BCUT2D eigenvalue weighted by atomic mass is 16.7. The summed E-state index contributed by atoms with van der Waals surface area (Å²) >= 11 is 0. The molecule has 0 saturated carbocycles. The molecule has 0 radical (unpaired) electrons. The number of nitrogens with two attached hydrogens (primary N) is 1. The van der Waals surface area contributed by atoms with Crippen molar-refractivity contribution in [2.75, 3.05) is 32.1 Å². The molecule has 0 unspecified atom stereocenters. The second-order valence-corrected chi connectivity index (χ2v) is 3.91. The summed E-state index contributed by atoms with van der Waals surface area (Å²) in [6, 6.07) is 1.94. The first kappa shape index (κ1) is 11.7. The van der Waals surface area contributed by atoms with E-state index in [2.05, 4.69) is 9.97 Å². The Morgan fingerprint density at radius 2 is 2.29 bits per heavy atom. The average molecular weight is 237 g/mol. The van der Waals surface area contributed by atoms with Crippen molar-refractivity contribution in [1.29, 1.82) is 0 Å². The van der Waals surface area contributed by atoms with Crippen LogP contribution in [0.3, 0.4) is 0 Å². The van der Waals surface area contributed by atoms with Crippen LogP contribution in [0.2, 0.25) is 0 Å². The fourth-order valence-corrected chi connectivity index (χ4v) is 1.68. The molecule has 17 heavy (non-hydrogen) atoms. The molecule has 0 spiro atoms. The number of primary amides is 1. The first-order chi connectivity index (χ1) is 8.11. The van der Waals surface area contributed by atoms with Crippen molar-refractivity contribution >= 4 is 11.7 Å². The molecule has 2 rings (SSSR count). The molecule has 0 aromatic carbocycles. The second-order valence-electron chi connectivity index (χ2n) is 3.91. The predicted octanol–water partition coefficient (Wildman–Crippen LogP) is -0.743. The largest absolute Gasteiger partial charge is 0.364 e. The Bertz CT molecular complexity index is 419. The molecule has 1 aromatic heterocycles. The first-order valence-corrected chi connectivity index (χ1v) is 5.25. The van der Waals surface area contributed by atoms with Crippen LogP contribution in [-0.4, -0.2) is 54.2 Å². The van der Waals surface area contributed by atoms with Gasteiger partial charge in [-0.3, -0.25) is 4.79 Å². The zero-order valence-electron chi connectivity index (χ0n) is 9.83. The van der Waals surface area contributed by atoms with Crippen LogP contribution >= 0.6 is 0 Å². The number of hydrogen-bond acceptors (Lipinski definition) is 6. The summed E-state index contributed by atoms with van der Waals surface area (Å²) < 4.78 is 0. The lowest BCUT2D eigenvalue weighted by molar-refractivity contribution is -0.146. The predicted molar refractivity (Wildman–Crippen MR) is 61.3 cm³/mol. The lowest BCUT2D eigenvalue weighted by Gasteiger charge is -2.43. The number of hydrogen-bond donors (Lipinski definition) is 1. The minimum Gasteiger partial charge on any atom is -0.364 e. The third-order valence-corrected chi connectivity index (χ3v) is 2.89. The maximum absolute atomic E-state index is 11.0. The van der Waals surface area contributed by atoms with Gasteiger partial charge in [0.15, 0.2) is 0 Å². The number of rotatable bonds is 4. The van der Waals surface area contributed by atoms with Crippen molar-refractivity contribution in [2.24, 2.45) is 5.73 Å². The minimum atomic E-state index is -0.542. The van der Waals surface area contributed by atoms with Crippen molar-refractivity contribution < 1.29 is 9.63 Å². The average Bonchev–Trinajstić information content (AvgIpc) is 2.27. The highest BCUT2D eigenvalue weighted by Gasteiger charge is 2.31. The van der Waals surface area contributed by atoms with Crippen molar-refractivity contribution in [3.63, 3.8) is 0 Å². The van der Waals surface area contributed by atoms with E-state index in [4.69, 9.17) is 10.6 Å². The number of likely N-dealkylation sites (N-methyl/N-ethyl adjacent to an activating group) is 1. The smallest absolute Gasteiger partial charge is 0.267 e. The van der Waals surface area contributed by atoms with Gasteiger partial charge in [0.25, 0.3) is 5.91 Å². The van der Waals surface area contributed by atoms with E-state index in [1.54, 1.807) is 18.2 Å². The van der Waals surface area contributed by atoms with Crippen LogP contribution in [0.25, 0.3) is 0 Å². The summed E-state index contributed by atoms with van der Waals surface area (Å²) in [5.41, 5.74) is 5.40. The van der Waals surface area contributed by atoms with Gasteiger partial charge in [-0.25, -0.2) is 9.97 Å². The Kier molecular flexibility index (Phi) is 3.21. The van der Waals surface area contributed by atoms with Gasteiger partial charge in [0, 0.05) is 26.2 Å². The molecule has 2 N–H and O–H groups in total. The summed E-state index contributed by atoms with van der Waals surface area (Å²) in [4.78, 5) is 26.0. The number of aromatic nitrogens is 2. The molecule has 1 amide bonds. The SMILES string of the molecule is CON(C)C1CN(c2cc(C(N)=O)ncn2)C1. The third-order valence-electron chi connectivity index (χ3n) is 2.89. The monoisotopic (exact) mass is 237 g/mol. The summed E-state index contributed by atoms with van der Waals surface area (Å²) in [6.07, 6.45) is 1.35. The third kappa shape index (κ3) is 2.34. The van der Waals surface area contributed by atoms with E-state index in [1.165, 1.54) is 6.33 Å². The van der Waals surface area contributed by atoms with Gasteiger partial charge in [0.05, 0.1) is 13.2 Å². The maximum atomic E-state index is 11.0. The van der Waals surface area contributed by atoms with E-state index < -0.39 is 5.91 Å². The molecule has 7 nitrogen and oxygen atoms in total. The zero-order chi connectivity index (χ0) is 12.4. The lowest BCUT2D eigenvalue weighted by atomic mass is 10.1. The molecule has 1 aliphatic heterocycles. The molecule has 0 atom stereocenters. The van der Waals surface area contributed by atoms with Crippen molar-refractivity contribution in [2.45, 2.75) is 6.04 Å². The standard InChI is InChI=1S/C10H15N5O2/c1-14(17-2)7-4-15(5-7)9-3-8(10(11)16)12-6-13-9/h3,6-7H,4-5H2,1-2H3,(H2,11,16). The molecule has 1 aliphatic rings. The Balaban J connectivity index is 2.01. The number of amides is 1. The summed E-state index contributed by atoms with van der Waals surface area (Å²) in [7, 11) is 3.52. The van der Waals surface area contributed by atoms with Crippen LogP contribution in [0.1, 0.15) is 10.5 Å². The van der Waals surface area contributed by atoms with Gasteiger partial charge in [-0.05, 0) is 0 Å². The Labute approximate surface area is 99.1 Å². The van der Waals surface area contributed by atoms with Crippen LogP contribution in [0, 0.1) is 0 Å². The molecule has 0 bridgehead atoms. The van der Waals surface area contributed by atoms with Crippen LogP contribution in [0.4, 0.5) is 5.82 Å². The quantitative estimate of drug-likeness (QED) is 0.694. The fraction of sp³-hybridized carbons (Fsp3) is 0.500. The van der Waals surface area contributed by atoms with Gasteiger partial charge >= 0.3 is 0 Å². The van der Waals surface area contributed by atoms with Gasteiger partial charge in [0.1, 0.15) is 17.8 Å². The van der Waals surface area contributed by atoms with E-state index >= 15 is 0 Å². The molecule has 92 valence electrons. The zero-order valence-corrected chi connectivity index (χ0v) is 9.83. The fourth-order valence-electron chi connectivity index (χ4n) is 1.68. The van der Waals surface area contributed by atoms with Crippen LogP contribution in [-0.2, 0) is 4.84 Å². The number of carbonyl (C=O) groups excluding carboxylic acids is 1. The minimum absolute atomic E-state index is 0.235. The van der Waals surface area contributed by atoms with Crippen LogP contribution in [0.15, 0.2) is 12.4 Å². The number of carbonyl (C=O) groups is 1. The molecule has 1 saturated heterocycles. The van der Waals surface area contributed by atoms with Crippen molar-refractivity contribution in [1.82, 2.24) is 15.0 Å². The Hall–Kier alpha value is -1.73. The van der Waals surface area contributed by atoms with E-state index in [9.17, 15) is 4.79 Å². The van der Waals surface area contributed by atoms with Gasteiger partial charge < -0.3 is 15.5 Å². The number of nitrogens with zero attached hydrogens (tertiary/aromatic N) is 4. The summed E-state index contributed by atoms with van der Waals surface area (Å²) in [5.74, 6) is 0.175. The lowest BCUT2D eigenvalue weighted by Crippen LogP contribution is -2.58. The normalized spacial score (nSPS) is 16.1. The van der Waals surface area contributed by atoms with Gasteiger partial charge in [-0.15, -0.1) is 0 Å². The Morgan fingerprint density at radius 1 is 1.59 bits per heavy atom. The van der Waals surface area contributed by atoms with Crippen molar-refractivity contribution in [3.8, 4) is 0 Å². The maximum Gasteiger partial charge on any atom is 0.267 e. The number of anilines is 1. The topological polar surface area (TPSA) is 84.6 Å². The molecule has 1 aromatic rings. The first-order valence-electron chi connectivity index (χ1n) is 5.25. The van der Waals surface area contributed by atoms with Gasteiger partial charge in [0.2, 0.25) is 0 Å². The van der Waals surface area contributed by atoms with Gasteiger partial charge in [-0.1, -0.05) is 0 Å². The second kappa shape index (κ2) is 4.64. The number of hydroxylamine groups is 2. The highest BCUT2D eigenvalue weighted by molar-refractivity contribution is 5.91. The highest BCUT2D eigenvalue weighted by Crippen LogP contribution is 2.21.